The molecule has 0 radical (unpaired) electrons. The van der Waals surface area contributed by atoms with E-state index in [1.54, 1.807) is 11.8 Å². The highest BCUT2D eigenvalue weighted by Gasteiger charge is 2.60. The number of hydrogen-bond donors (Lipinski definition) is 2. The molecule has 0 bridgehead atoms. The molecule has 1 saturated heterocycles. The fourth-order valence-electron chi connectivity index (χ4n) is 5.23. The number of carbonyl (C=O) groups is 3. The minimum atomic E-state index is -1.21. The zero-order valence-corrected chi connectivity index (χ0v) is 19.4. The lowest BCUT2D eigenvalue weighted by Gasteiger charge is -2.36. The van der Waals surface area contributed by atoms with Gasteiger partial charge in [-0.25, -0.2) is 14.1 Å². The number of halogens is 1. The molecule has 0 spiro atoms. The zero-order chi connectivity index (χ0) is 24.2. The van der Waals surface area contributed by atoms with Gasteiger partial charge in [-0.15, -0.1) is 0 Å². The number of hydrogen-bond acceptors (Lipinski definition) is 3. The molecule has 3 heterocycles. The van der Waals surface area contributed by atoms with Crippen molar-refractivity contribution in [3.8, 4) is 0 Å². The molecule has 2 aliphatic heterocycles. The number of nitrogens with zero attached hydrogens (tertiary/aromatic N) is 2. The van der Waals surface area contributed by atoms with Crippen LogP contribution in [0.25, 0.3) is 10.9 Å². The van der Waals surface area contributed by atoms with E-state index in [-0.39, 0.29) is 5.92 Å². The van der Waals surface area contributed by atoms with Crippen molar-refractivity contribution in [2.75, 3.05) is 11.9 Å². The van der Waals surface area contributed by atoms with Crippen LogP contribution in [0.5, 0.6) is 0 Å². The first kappa shape index (κ1) is 22.1. The largest absolute Gasteiger partial charge is 0.356 e. The van der Waals surface area contributed by atoms with Crippen LogP contribution in [0.1, 0.15) is 38.4 Å². The fourth-order valence-corrected chi connectivity index (χ4v) is 5.23. The van der Waals surface area contributed by atoms with Crippen LogP contribution < -0.4 is 5.32 Å². The maximum Gasteiger partial charge on any atom is 0.328 e. The smallest absolute Gasteiger partial charge is 0.328 e. The SMILES string of the molecule is CC(C)C[C@H](C(=O)Nc1ccc(F)cc1)N1C(=O)N2CCc3c([nH]c4ccccc34)[C@@]2(C)C1=O. The second-order valence-electron chi connectivity index (χ2n) is 9.60. The summed E-state index contributed by atoms with van der Waals surface area (Å²) >= 11 is 0. The first-order valence-corrected chi connectivity index (χ1v) is 11.5. The van der Waals surface area contributed by atoms with Crippen molar-refractivity contribution in [2.45, 2.75) is 45.2 Å². The molecule has 3 aromatic rings. The number of urea groups is 1. The minimum absolute atomic E-state index is 0.0543. The van der Waals surface area contributed by atoms with Crippen molar-refractivity contribution in [3.63, 3.8) is 0 Å². The Kier molecular flexibility index (Phi) is 5.19. The molecular weight excluding hydrogens is 435 g/mol. The lowest BCUT2D eigenvalue weighted by atomic mass is 9.87. The summed E-state index contributed by atoms with van der Waals surface area (Å²) in [6.07, 6.45) is 0.937. The second-order valence-corrected chi connectivity index (χ2v) is 9.60. The quantitative estimate of drug-likeness (QED) is 0.552. The van der Waals surface area contributed by atoms with Crippen LogP contribution in [0, 0.1) is 11.7 Å². The number of nitrogens with one attached hydrogen (secondary N) is 2. The average Bonchev–Trinajstić information content (AvgIpc) is 3.28. The highest BCUT2D eigenvalue weighted by atomic mass is 19.1. The molecule has 2 atom stereocenters. The first-order valence-electron chi connectivity index (χ1n) is 11.5. The third-order valence-corrected chi connectivity index (χ3v) is 6.92. The second kappa shape index (κ2) is 7.97. The van der Waals surface area contributed by atoms with Gasteiger partial charge in [0.1, 0.15) is 11.9 Å². The normalized spacial score (nSPS) is 20.6. The Labute approximate surface area is 196 Å². The zero-order valence-electron chi connectivity index (χ0n) is 19.4. The van der Waals surface area contributed by atoms with Crippen LogP contribution >= 0.6 is 0 Å². The Balaban J connectivity index is 1.53. The summed E-state index contributed by atoms with van der Waals surface area (Å²) in [5.41, 5.74) is 1.86. The van der Waals surface area contributed by atoms with E-state index in [9.17, 15) is 18.8 Å². The fraction of sp³-hybridized carbons (Fsp3) is 0.346. The Hall–Kier alpha value is -3.68. The summed E-state index contributed by atoms with van der Waals surface area (Å²) in [5.74, 6) is -1.24. The van der Waals surface area contributed by atoms with E-state index in [1.165, 1.54) is 24.3 Å². The molecule has 8 heteroatoms. The van der Waals surface area contributed by atoms with Crippen molar-refractivity contribution < 1.29 is 18.8 Å². The molecule has 176 valence electrons. The first-order chi connectivity index (χ1) is 16.2. The van der Waals surface area contributed by atoms with Crippen molar-refractivity contribution in [3.05, 3.63) is 65.6 Å². The third-order valence-electron chi connectivity index (χ3n) is 6.92. The van der Waals surface area contributed by atoms with Crippen LogP contribution in [0.3, 0.4) is 0 Å². The Morgan fingerprint density at radius 2 is 1.85 bits per heavy atom. The third kappa shape index (κ3) is 3.28. The van der Waals surface area contributed by atoms with E-state index >= 15 is 0 Å². The van der Waals surface area contributed by atoms with Gasteiger partial charge in [0.15, 0.2) is 5.54 Å². The summed E-state index contributed by atoms with van der Waals surface area (Å²) < 4.78 is 13.3. The number of para-hydroxylation sites is 1. The molecular formula is C26H27FN4O3. The molecule has 7 nitrogen and oxygen atoms in total. The molecule has 0 saturated carbocycles. The molecule has 2 N–H and O–H groups in total. The molecule has 34 heavy (non-hydrogen) atoms. The predicted octanol–water partition coefficient (Wildman–Crippen LogP) is 4.40. The molecule has 0 unspecified atom stereocenters. The number of aromatic nitrogens is 1. The number of rotatable bonds is 5. The lowest BCUT2D eigenvalue weighted by Crippen LogP contribution is -2.50. The Bertz CT molecular complexity index is 1300. The van der Waals surface area contributed by atoms with Crippen molar-refractivity contribution in [2.24, 2.45) is 5.92 Å². The highest BCUT2D eigenvalue weighted by Crippen LogP contribution is 2.45. The monoisotopic (exact) mass is 462 g/mol. The maximum absolute atomic E-state index is 13.9. The molecule has 2 aliphatic rings. The average molecular weight is 463 g/mol. The van der Waals surface area contributed by atoms with E-state index in [0.717, 1.165) is 21.4 Å². The van der Waals surface area contributed by atoms with Crippen molar-refractivity contribution >= 4 is 34.4 Å². The maximum atomic E-state index is 13.9. The van der Waals surface area contributed by atoms with Crippen LogP contribution in [-0.4, -0.2) is 45.2 Å². The van der Waals surface area contributed by atoms with E-state index in [4.69, 9.17) is 0 Å². The topological polar surface area (TPSA) is 85.5 Å². The highest BCUT2D eigenvalue weighted by molar-refractivity contribution is 6.12. The van der Waals surface area contributed by atoms with Crippen LogP contribution in [-0.2, 0) is 21.5 Å². The summed E-state index contributed by atoms with van der Waals surface area (Å²) in [4.78, 5) is 46.9. The minimum Gasteiger partial charge on any atom is -0.356 e. The van der Waals surface area contributed by atoms with Crippen LogP contribution in [0.2, 0.25) is 0 Å². The number of carbonyl (C=O) groups excluding carboxylic acids is 3. The number of fused-ring (bicyclic) bond motifs is 5. The van der Waals surface area contributed by atoms with Gasteiger partial charge in [-0.1, -0.05) is 32.0 Å². The van der Waals surface area contributed by atoms with E-state index < -0.39 is 35.2 Å². The van der Waals surface area contributed by atoms with Gasteiger partial charge in [-0.2, -0.15) is 0 Å². The van der Waals surface area contributed by atoms with Crippen molar-refractivity contribution in [1.29, 1.82) is 0 Å². The number of benzene rings is 2. The number of amides is 4. The van der Waals surface area contributed by atoms with Crippen LogP contribution in [0.15, 0.2) is 48.5 Å². The number of H-pyrrole nitrogens is 1. The van der Waals surface area contributed by atoms with Gasteiger partial charge >= 0.3 is 6.03 Å². The van der Waals surface area contributed by atoms with E-state index in [2.05, 4.69) is 10.3 Å². The van der Waals surface area contributed by atoms with Gasteiger partial charge in [0, 0.05) is 23.1 Å². The van der Waals surface area contributed by atoms with Gasteiger partial charge in [-0.3, -0.25) is 9.59 Å². The summed E-state index contributed by atoms with van der Waals surface area (Å²) in [6.45, 7) is 6.02. The molecule has 2 aromatic carbocycles. The standard InChI is InChI=1S/C26H27FN4O3/c1-15(2)14-21(23(32)28-17-10-8-16(27)9-11-17)31-24(33)26(3)22-19(12-13-30(26)25(31)34)18-6-4-5-7-20(18)29-22/h4-11,15,21,29H,12-14H2,1-3H3,(H,28,32)/t21-,26+/m1/s1. The number of imide groups is 1. The number of anilines is 1. The molecule has 4 amide bonds. The lowest BCUT2D eigenvalue weighted by molar-refractivity contribution is -0.138. The molecule has 0 aliphatic carbocycles. The van der Waals surface area contributed by atoms with Crippen molar-refractivity contribution in [1.82, 2.24) is 14.8 Å². The van der Waals surface area contributed by atoms with Gasteiger partial charge in [0.05, 0.1) is 5.69 Å². The van der Waals surface area contributed by atoms with E-state index in [1.807, 2.05) is 38.1 Å². The summed E-state index contributed by atoms with van der Waals surface area (Å²) in [5, 5.41) is 3.80. The van der Waals surface area contributed by atoms with Gasteiger partial charge in [0.25, 0.3) is 5.91 Å². The molecule has 5 rings (SSSR count). The predicted molar refractivity (Wildman–Crippen MR) is 127 cm³/mol. The summed E-state index contributed by atoms with van der Waals surface area (Å²) in [7, 11) is 0. The Morgan fingerprint density at radius 3 is 2.56 bits per heavy atom. The Morgan fingerprint density at radius 1 is 1.15 bits per heavy atom. The van der Waals surface area contributed by atoms with E-state index in [0.29, 0.717) is 30.8 Å². The molecule has 1 aromatic heterocycles. The van der Waals surface area contributed by atoms with Gasteiger partial charge in [0.2, 0.25) is 5.91 Å². The van der Waals surface area contributed by atoms with Gasteiger partial charge < -0.3 is 15.2 Å². The molecule has 1 fully saturated rings. The van der Waals surface area contributed by atoms with Crippen LogP contribution in [0.4, 0.5) is 14.9 Å². The van der Waals surface area contributed by atoms with Gasteiger partial charge in [-0.05, 0) is 61.6 Å². The number of aromatic amines is 1. The summed E-state index contributed by atoms with van der Waals surface area (Å²) in [6, 6.07) is 11.8.